The number of ether oxygens (including phenoxy) is 1. The van der Waals surface area contributed by atoms with E-state index < -0.39 is 10.0 Å². The lowest BCUT2D eigenvalue weighted by Gasteiger charge is -2.13. The fourth-order valence-electron chi connectivity index (χ4n) is 3.42. The largest absolute Gasteiger partial charge is 0.497 e. The van der Waals surface area contributed by atoms with Crippen LogP contribution in [-0.4, -0.2) is 21.8 Å². The summed E-state index contributed by atoms with van der Waals surface area (Å²) in [6.45, 7) is 0. The number of fused-ring (bicyclic) bond motifs is 2. The summed E-state index contributed by atoms with van der Waals surface area (Å²) in [5.74, 6) is 1.70. The van der Waals surface area contributed by atoms with E-state index in [0.717, 1.165) is 34.5 Å². The van der Waals surface area contributed by atoms with Gasteiger partial charge in [-0.1, -0.05) is 36.4 Å². The first kappa shape index (κ1) is 19.6. The monoisotopic (exact) mass is 423 g/mol. The van der Waals surface area contributed by atoms with Crippen LogP contribution in [0.1, 0.15) is 22.3 Å². The van der Waals surface area contributed by atoms with Crippen molar-refractivity contribution in [3.8, 4) is 5.75 Å². The Balaban J connectivity index is 1.87. The fourth-order valence-corrected chi connectivity index (χ4v) is 5.04. The topological polar surface area (TPSA) is 55.4 Å². The molecule has 0 unspecified atom stereocenters. The molecule has 1 heterocycles. The van der Waals surface area contributed by atoms with Gasteiger partial charge in [0.2, 0.25) is 10.0 Å². The van der Waals surface area contributed by atoms with Gasteiger partial charge in [-0.25, -0.2) is 8.42 Å². The van der Waals surface area contributed by atoms with Gasteiger partial charge in [-0.05, 0) is 64.2 Å². The zero-order valence-electron chi connectivity index (χ0n) is 16.2. The summed E-state index contributed by atoms with van der Waals surface area (Å²) >= 11 is 1.81. The molecule has 0 spiro atoms. The van der Waals surface area contributed by atoms with Gasteiger partial charge in [0.25, 0.3) is 0 Å². The molecule has 4 rings (SSSR count). The van der Waals surface area contributed by atoms with Crippen molar-refractivity contribution < 1.29 is 13.2 Å². The average Bonchev–Trinajstić information content (AvgIpc) is 2.84. The van der Waals surface area contributed by atoms with Crippen LogP contribution in [0.25, 0.3) is 11.6 Å². The Hall–Kier alpha value is -2.70. The lowest BCUT2D eigenvalue weighted by atomic mass is 9.92. The van der Waals surface area contributed by atoms with Crippen LogP contribution in [-0.2, 0) is 15.8 Å². The maximum Gasteiger partial charge on any atom is 0.229 e. The van der Waals surface area contributed by atoms with Crippen LogP contribution in [0.3, 0.4) is 0 Å². The van der Waals surface area contributed by atoms with Crippen LogP contribution in [0.15, 0.2) is 71.6 Å². The molecule has 0 amide bonds. The molecule has 0 aromatic heterocycles. The maximum atomic E-state index is 11.6. The van der Waals surface area contributed by atoms with E-state index in [2.05, 4.69) is 41.1 Å². The molecule has 0 atom stereocenters. The van der Waals surface area contributed by atoms with Gasteiger partial charge >= 0.3 is 0 Å². The highest BCUT2D eigenvalue weighted by molar-refractivity contribution is 7.98. The third kappa shape index (κ3) is 4.49. The van der Waals surface area contributed by atoms with Crippen molar-refractivity contribution in [3.05, 3.63) is 89.0 Å². The van der Waals surface area contributed by atoms with E-state index in [1.54, 1.807) is 13.2 Å². The molecule has 6 heteroatoms. The van der Waals surface area contributed by atoms with Crippen molar-refractivity contribution in [3.63, 3.8) is 0 Å². The molecule has 3 aromatic rings. The van der Waals surface area contributed by atoms with Crippen LogP contribution in [0.5, 0.6) is 5.75 Å². The zero-order chi connectivity index (χ0) is 20.4. The molecule has 29 heavy (non-hydrogen) atoms. The van der Waals surface area contributed by atoms with E-state index in [1.165, 1.54) is 16.0 Å². The molecule has 0 fully saturated rings. The SMILES string of the molecule is COc1ccc2c(c1)CSc1ccccc1/C2=C/c1cccc(NS(C)(=O)=O)c1. The molecule has 3 aromatic carbocycles. The lowest BCUT2D eigenvalue weighted by Crippen LogP contribution is -2.09. The van der Waals surface area contributed by atoms with Crippen LogP contribution in [0.2, 0.25) is 0 Å². The molecule has 0 radical (unpaired) electrons. The maximum absolute atomic E-state index is 11.6. The first-order chi connectivity index (χ1) is 13.9. The second kappa shape index (κ2) is 7.97. The highest BCUT2D eigenvalue weighted by atomic mass is 32.2. The third-order valence-electron chi connectivity index (χ3n) is 4.66. The summed E-state index contributed by atoms with van der Waals surface area (Å²) in [7, 11) is -1.65. The highest BCUT2D eigenvalue weighted by Gasteiger charge is 2.19. The Labute approximate surface area is 175 Å². The minimum atomic E-state index is -3.33. The highest BCUT2D eigenvalue weighted by Crippen LogP contribution is 2.42. The lowest BCUT2D eigenvalue weighted by molar-refractivity contribution is 0.414. The molecule has 1 aliphatic rings. The Kier molecular flexibility index (Phi) is 5.39. The molecule has 0 bridgehead atoms. The number of nitrogens with one attached hydrogen (secondary N) is 1. The molecule has 1 N–H and O–H groups in total. The van der Waals surface area contributed by atoms with Crippen molar-refractivity contribution in [1.82, 2.24) is 0 Å². The van der Waals surface area contributed by atoms with Gasteiger partial charge in [0.1, 0.15) is 5.75 Å². The summed E-state index contributed by atoms with van der Waals surface area (Å²) in [5.41, 5.74) is 6.12. The Morgan fingerprint density at radius 1 is 1.00 bits per heavy atom. The first-order valence-electron chi connectivity index (χ1n) is 9.12. The quantitative estimate of drug-likeness (QED) is 0.622. The first-order valence-corrected chi connectivity index (χ1v) is 12.0. The van der Waals surface area contributed by atoms with E-state index in [-0.39, 0.29) is 0 Å². The predicted octanol–water partition coefficient (Wildman–Crippen LogP) is 5.26. The molecular formula is C23H21NO3S2. The number of hydrogen-bond acceptors (Lipinski definition) is 4. The minimum absolute atomic E-state index is 0.549. The van der Waals surface area contributed by atoms with Crippen molar-refractivity contribution in [2.45, 2.75) is 10.6 Å². The van der Waals surface area contributed by atoms with Gasteiger partial charge in [-0.3, -0.25) is 4.72 Å². The standard InChI is InChI=1S/C23H21NO3S2/c1-27-19-10-11-20-17(14-19)15-28-23-9-4-3-8-21(23)22(20)13-16-6-5-7-18(12-16)24-29(2,25)26/h3-14,24H,15H2,1-2H3/b22-13+. The van der Waals surface area contributed by atoms with Gasteiger partial charge in [-0.2, -0.15) is 0 Å². The zero-order valence-corrected chi connectivity index (χ0v) is 17.8. The normalized spacial score (nSPS) is 14.6. The van der Waals surface area contributed by atoms with Crippen LogP contribution in [0.4, 0.5) is 5.69 Å². The average molecular weight is 424 g/mol. The summed E-state index contributed by atoms with van der Waals surface area (Å²) < 4.78 is 31.2. The number of methoxy groups -OCH3 is 1. The predicted molar refractivity (Wildman–Crippen MR) is 121 cm³/mol. The molecular weight excluding hydrogens is 402 g/mol. The Morgan fingerprint density at radius 3 is 2.62 bits per heavy atom. The molecule has 0 saturated carbocycles. The fraction of sp³-hybridized carbons (Fsp3) is 0.130. The van der Waals surface area contributed by atoms with Crippen LogP contribution in [0, 0.1) is 0 Å². The van der Waals surface area contributed by atoms with E-state index in [9.17, 15) is 8.42 Å². The Bertz CT molecular complexity index is 1200. The minimum Gasteiger partial charge on any atom is -0.497 e. The number of rotatable bonds is 4. The van der Waals surface area contributed by atoms with Gasteiger partial charge in [0, 0.05) is 16.3 Å². The van der Waals surface area contributed by atoms with Gasteiger partial charge in [0.15, 0.2) is 0 Å². The van der Waals surface area contributed by atoms with E-state index in [1.807, 2.05) is 42.1 Å². The second-order valence-electron chi connectivity index (χ2n) is 6.87. The number of benzene rings is 3. The number of hydrogen-bond donors (Lipinski definition) is 1. The van der Waals surface area contributed by atoms with Crippen molar-refractivity contribution >= 4 is 39.1 Å². The summed E-state index contributed by atoms with van der Waals surface area (Å²) in [5, 5.41) is 0. The molecule has 1 aliphatic heterocycles. The summed E-state index contributed by atoms with van der Waals surface area (Å²) in [6, 6.07) is 22.0. The molecule has 4 nitrogen and oxygen atoms in total. The van der Waals surface area contributed by atoms with Crippen molar-refractivity contribution in [2.24, 2.45) is 0 Å². The van der Waals surface area contributed by atoms with Gasteiger partial charge < -0.3 is 4.74 Å². The molecule has 0 aliphatic carbocycles. The number of sulfonamides is 1. The summed E-state index contributed by atoms with van der Waals surface area (Å²) in [4.78, 5) is 1.22. The smallest absolute Gasteiger partial charge is 0.229 e. The van der Waals surface area contributed by atoms with Gasteiger partial charge in [0.05, 0.1) is 13.4 Å². The van der Waals surface area contributed by atoms with Gasteiger partial charge in [-0.15, -0.1) is 11.8 Å². The van der Waals surface area contributed by atoms with E-state index in [4.69, 9.17) is 4.74 Å². The molecule has 0 saturated heterocycles. The molecule has 148 valence electrons. The summed E-state index contributed by atoms with van der Waals surface area (Å²) in [6.07, 6.45) is 3.27. The van der Waals surface area contributed by atoms with Crippen LogP contribution >= 0.6 is 11.8 Å². The van der Waals surface area contributed by atoms with Crippen molar-refractivity contribution in [2.75, 3.05) is 18.1 Å². The van der Waals surface area contributed by atoms with Crippen molar-refractivity contribution in [1.29, 1.82) is 0 Å². The third-order valence-corrected chi connectivity index (χ3v) is 6.39. The number of anilines is 1. The van der Waals surface area contributed by atoms with E-state index >= 15 is 0 Å². The number of thioether (sulfide) groups is 1. The van der Waals surface area contributed by atoms with Crippen LogP contribution < -0.4 is 9.46 Å². The second-order valence-corrected chi connectivity index (χ2v) is 9.63. The van der Waals surface area contributed by atoms with E-state index in [0.29, 0.717) is 5.69 Å². The Morgan fingerprint density at radius 2 is 1.83 bits per heavy atom.